The zero-order valence-corrected chi connectivity index (χ0v) is 15.3. The Morgan fingerprint density at radius 1 is 1.21 bits per heavy atom. The van der Waals surface area contributed by atoms with E-state index in [1.807, 2.05) is 6.07 Å². The first kappa shape index (κ1) is 20.4. The van der Waals surface area contributed by atoms with E-state index >= 15 is 0 Å². The molecule has 0 radical (unpaired) electrons. The second-order valence-corrected chi connectivity index (χ2v) is 6.01. The number of nitro groups is 1. The Morgan fingerprint density at radius 2 is 1.89 bits per heavy atom. The van der Waals surface area contributed by atoms with Crippen molar-refractivity contribution in [1.82, 2.24) is 0 Å². The Labute approximate surface area is 161 Å². The van der Waals surface area contributed by atoms with Crippen LogP contribution < -0.4 is 10.2 Å². The predicted octanol–water partition coefficient (Wildman–Crippen LogP) is 2.52. The minimum absolute atomic E-state index is 0.00661. The number of amides is 1. The van der Waals surface area contributed by atoms with Gasteiger partial charge in [0.15, 0.2) is 6.61 Å². The van der Waals surface area contributed by atoms with E-state index in [9.17, 15) is 19.7 Å². The maximum atomic E-state index is 12.3. The molecule has 0 aliphatic carbocycles. The van der Waals surface area contributed by atoms with Crippen LogP contribution >= 0.6 is 0 Å². The van der Waals surface area contributed by atoms with Gasteiger partial charge in [0, 0.05) is 31.9 Å². The molecule has 0 fully saturated rings. The highest BCUT2D eigenvalue weighted by Gasteiger charge is 2.20. The van der Waals surface area contributed by atoms with E-state index < -0.39 is 23.4 Å². The SMILES string of the molecule is CN(C)c1ccc([N+](=O)[O-])cc1C(=O)OCC(=O)Nc1ccc(CC#N)cc1. The van der Waals surface area contributed by atoms with Crippen LogP contribution in [0.3, 0.4) is 0 Å². The summed E-state index contributed by atoms with van der Waals surface area (Å²) in [6.07, 6.45) is 0.267. The second kappa shape index (κ2) is 9.14. The van der Waals surface area contributed by atoms with Crippen LogP contribution in [0.2, 0.25) is 0 Å². The first-order valence-corrected chi connectivity index (χ1v) is 8.20. The molecule has 0 spiro atoms. The first-order chi connectivity index (χ1) is 13.3. The average Bonchev–Trinajstić information content (AvgIpc) is 2.67. The highest BCUT2D eigenvalue weighted by Crippen LogP contribution is 2.25. The number of rotatable bonds is 7. The zero-order valence-electron chi connectivity index (χ0n) is 15.3. The third-order valence-electron chi connectivity index (χ3n) is 3.75. The maximum absolute atomic E-state index is 12.3. The molecule has 144 valence electrons. The third kappa shape index (κ3) is 5.28. The van der Waals surface area contributed by atoms with E-state index in [0.717, 1.165) is 11.6 Å². The molecule has 0 aromatic heterocycles. The largest absolute Gasteiger partial charge is 0.452 e. The minimum Gasteiger partial charge on any atom is -0.452 e. The van der Waals surface area contributed by atoms with Gasteiger partial charge in [-0.25, -0.2) is 4.79 Å². The molecule has 2 aromatic rings. The number of carbonyl (C=O) groups is 2. The van der Waals surface area contributed by atoms with Gasteiger partial charge in [-0.3, -0.25) is 14.9 Å². The molecule has 0 unspecified atom stereocenters. The van der Waals surface area contributed by atoms with Crippen LogP contribution in [0.4, 0.5) is 17.1 Å². The lowest BCUT2D eigenvalue weighted by atomic mass is 10.1. The number of hydrogen-bond acceptors (Lipinski definition) is 7. The van der Waals surface area contributed by atoms with Crippen LogP contribution in [0.1, 0.15) is 15.9 Å². The molecule has 9 heteroatoms. The van der Waals surface area contributed by atoms with Crippen LogP contribution in [0.5, 0.6) is 0 Å². The molecule has 0 atom stereocenters. The van der Waals surface area contributed by atoms with Gasteiger partial charge in [0.25, 0.3) is 11.6 Å². The number of nitriles is 1. The summed E-state index contributed by atoms with van der Waals surface area (Å²) in [5, 5.41) is 22.2. The topological polar surface area (TPSA) is 126 Å². The summed E-state index contributed by atoms with van der Waals surface area (Å²) in [7, 11) is 3.36. The van der Waals surface area contributed by atoms with Gasteiger partial charge in [-0.2, -0.15) is 5.26 Å². The summed E-state index contributed by atoms with van der Waals surface area (Å²) in [5.74, 6) is -1.40. The van der Waals surface area contributed by atoms with Crippen LogP contribution in [0.15, 0.2) is 42.5 Å². The monoisotopic (exact) mass is 382 g/mol. The molecule has 0 saturated heterocycles. The smallest absolute Gasteiger partial charge is 0.341 e. The fraction of sp³-hybridized carbons (Fsp3) is 0.211. The van der Waals surface area contributed by atoms with Crippen LogP contribution in [0.25, 0.3) is 0 Å². The highest BCUT2D eigenvalue weighted by molar-refractivity contribution is 5.99. The van der Waals surface area contributed by atoms with E-state index in [1.165, 1.54) is 12.1 Å². The second-order valence-electron chi connectivity index (χ2n) is 6.01. The number of esters is 1. The van der Waals surface area contributed by atoms with Crippen molar-refractivity contribution in [2.24, 2.45) is 0 Å². The Bertz CT molecular complexity index is 932. The fourth-order valence-electron chi connectivity index (χ4n) is 2.39. The maximum Gasteiger partial charge on any atom is 0.341 e. The molecule has 0 bridgehead atoms. The number of hydrogen-bond donors (Lipinski definition) is 1. The molecule has 0 saturated carbocycles. The number of anilines is 2. The lowest BCUT2D eigenvalue weighted by Gasteiger charge is -2.16. The number of benzene rings is 2. The van der Waals surface area contributed by atoms with Crippen molar-refractivity contribution in [3.63, 3.8) is 0 Å². The van der Waals surface area contributed by atoms with E-state index in [4.69, 9.17) is 10.00 Å². The average molecular weight is 382 g/mol. The standard InChI is InChI=1S/C19H18N4O5/c1-22(2)17-8-7-15(23(26)27)11-16(17)19(25)28-12-18(24)21-14-5-3-13(4-6-14)9-10-20/h3-8,11H,9,12H2,1-2H3,(H,21,24). The van der Waals surface area contributed by atoms with Crippen molar-refractivity contribution < 1.29 is 19.2 Å². The molecule has 2 aromatic carbocycles. The number of nitro benzene ring substituents is 1. The van der Waals surface area contributed by atoms with Crippen LogP contribution in [-0.2, 0) is 16.0 Å². The molecule has 0 aliphatic rings. The fourth-order valence-corrected chi connectivity index (χ4v) is 2.39. The molecule has 28 heavy (non-hydrogen) atoms. The van der Waals surface area contributed by atoms with Gasteiger partial charge in [-0.05, 0) is 23.8 Å². The molecule has 2 rings (SSSR count). The van der Waals surface area contributed by atoms with Crippen molar-refractivity contribution in [3.05, 3.63) is 63.7 Å². The van der Waals surface area contributed by atoms with Crippen molar-refractivity contribution in [2.45, 2.75) is 6.42 Å². The Hall–Kier alpha value is -3.93. The van der Waals surface area contributed by atoms with E-state index in [1.54, 1.807) is 43.3 Å². The Kier molecular flexibility index (Phi) is 6.65. The Balaban J connectivity index is 2.03. The minimum atomic E-state index is -0.841. The van der Waals surface area contributed by atoms with Crippen molar-refractivity contribution in [2.75, 3.05) is 30.9 Å². The number of nitrogens with one attached hydrogen (secondary N) is 1. The molecule has 9 nitrogen and oxygen atoms in total. The summed E-state index contributed by atoms with van der Waals surface area (Å²) in [5.41, 5.74) is 1.48. The van der Waals surface area contributed by atoms with E-state index in [2.05, 4.69) is 5.32 Å². The van der Waals surface area contributed by atoms with Gasteiger partial charge >= 0.3 is 5.97 Å². The normalized spacial score (nSPS) is 9.89. The van der Waals surface area contributed by atoms with Gasteiger partial charge in [0.05, 0.1) is 28.7 Å². The number of ether oxygens (including phenoxy) is 1. The predicted molar refractivity (Wildman–Crippen MR) is 102 cm³/mol. The van der Waals surface area contributed by atoms with Crippen LogP contribution in [0, 0.1) is 21.4 Å². The lowest BCUT2D eigenvalue weighted by Crippen LogP contribution is -2.22. The van der Waals surface area contributed by atoms with Crippen LogP contribution in [-0.4, -0.2) is 37.5 Å². The summed E-state index contributed by atoms with van der Waals surface area (Å²) >= 11 is 0. The highest BCUT2D eigenvalue weighted by atomic mass is 16.6. The van der Waals surface area contributed by atoms with Crippen molar-refractivity contribution in [3.8, 4) is 6.07 Å². The number of nitrogens with zero attached hydrogens (tertiary/aromatic N) is 3. The van der Waals surface area contributed by atoms with E-state index in [0.29, 0.717) is 11.4 Å². The number of non-ortho nitro benzene ring substituents is 1. The Morgan fingerprint density at radius 3 is 2.46 bits per heavy atom. The summed E-state index contributed by atoms with van der Waals surface area (Å²) in [6.45, 7) is -0.547. The molecule has 0 aliphatic heterocycles. The number of carbonyl (C=O) groups excluding carboxylic acids is 2. The quantitative estimate of drug-likeness (QED) is 0.443. The molecular weight excluding hydrogens is 364 g/mol. The van der Waals surface area contributed by atoms with Crippen molar-refractivity contribution >= 4 is 28.9 Å². The van der Waals surface area contributed by atoms with E-state index in [-0.39, 0.29) is 17.7 Å². The lowest BCUT2D eigenvalue weighted by molar-refractivity contribution is -0.384. The molecule has 0 heterocycles. The summed E-state index contributed by atoms with van der Waals surface area (Å²) < 4.78 is 5.01. The van der Waals surface area contributed by atoms with Crippen molar-refractivity contribution in [1.29, 1.82) is 5.26 Å². The molecule has 1 N–H and O–H groups in total. The zero-order chi connectivity index (χ0) is 20.7. The van der Waals surface area contributed by atoms with Gasteiger partial charge < -0.3 is 15.0 Å². The third-order valence-corrected chi connectivity index (χ3v) is 3.75. The molecular formula is C19H18N4O5. The van der Waals surface area contributed by atoms with Gasteiger partial charge in [0.2, 0.25) is 0 Å². The van der Waals surface area contributed by atoms with Gasteiger partial charge in [-0.15, -0.1) is 0 Å². The first-order valence-electron chi connectivity index (χ1n) is 8.20. The van der Waals surface area contributed by atoms with Gasteiger partial charge in [-0.1, -0.05) is 12.1 Å². The molecule has 1 amide bonds. The van der Waals surface area contributed by atoms with Gasteiger partial charge in [0.1, 0.15) is 0 Å². The summed E-state index contributed by atoms with van der Waals surface area (Å²) in [4.78, 5) is 36.3. The summed E-state index contributed by atoms with van der Waals surface area (Å²) in [6, 6.07) is 12.6.